The zero-order valence-electron chi connectivity index (χ0n) is 17.9. The number of sulfonamides is 1. The molecule has 0 fully saturated rings. The number of anilines is 1. The van der Waals surface area contributed by atoms with Crippen molar-refractivity contribution < 1.29 is 18.4 Å². The molecule has 4 rings (SSSR count). The molecule has 0 saturated heterocycles. The topological polar surface area (TPSA) is 150 Å². The minimum absolute atomic E-state index is 0.0431. The highest BCUT2D eigenvalue weighted by atomic mass is 35.5. The van der Waals surface area contributed by atoms with E-state index in [1.54, 1.807) is 43.3 Å². The van der Waals surface area contributed by atoms with Crippen molar-refractivity contribution in [3.8, 4) is 5.88 Å². The van der Waals surface area contributed by atoms with E-state index < -0.39 is 25.5 Å². The highest BCUT2D eigenvalue weighted by Gasteiger charge is 2.24. The molecule has 0 radical (unpaired) electrons. The number of H-pyrrole nitrogens is 1. The lowest BCUT2D eigenvalue weighted by molar-refractivity contribution is -0.385. The molecule has 4 aromatic rings. The van der Waals surface area contributed by atoms with Gasteiger partial charge in [0.15, 0.2) is 5.69 Å². The predicted molar refractivity (Wildman–Crippen MR) is 129 cm³/mol. The van der Waals surface area contributed by atoms with Crippen LogP contribution >= 0.6 is 11.6 Å². The number of fused-ring (bicyclic) bond motifs is 1. The van der Waals surface area contributed by atoms with Crippen molar-refractivity contribution in [3.63, 3.8) is 0 Å². The van der Waals surface area contributed by atoms with Crippen LogP contribution < -0.4 is 4.72 Å². The summed E-state index contributed by atoms with van der Waals surface area (Å²) in [6, 6.07) is 13.2. The van der Waals surface area contributed by atoms with Crippen molar-refractivity contribution in [1.82, 2.24) is 4.98 Å². The van der Waals surface area contributed by atoms with Crippen molar-refractivity contribution in [2.75, 3.05) is 4.72 Å². The summed E-state index contributed by atoms with van der Waals surface area (Å²) in [4.78, 5) is 12.9. The number of hydrogen-bond acceptors (Lipinski definition) is 7. The number of aromatic hydroxyl groups is 1. The monoisotopic (exact) mass is 499 g/mol. The fraction of sp³-hybridized carbons (Fsp3) is 0.0909. The first kappa shape index (κ1) is 23.2. The molecule has 3 N–H and O–H groups in total. The number of aromatic amines is 1. The molecular formula is C22H18ClN5O5S. The zero-order chi connectivity index (χ0) is 24.6. The number of aromatic nitrogens is 1. The molecule has 0 saturated carbocycles. The number of benzene rings is 3. The van der Waals surface area contributed by atoms with Gasteiger partial charge in [-0.2, -0.15) is 0 Å². The van der Waals surface area contributed by atoms with E-state index in [4.69, 9.17) is 11.6 Å². The first-order valence-corrected chi connectivity index (χ1v) is 11.7. The minimum atomic E-state index is -4.29. The van der Waals surface area contributed by atoms with Crippen LogP contribution in [-0.2, 0) is 10.0 Å². The van der Waals surface area contributed by atoms with Gasteiger partial charge >= 0.3 is 0 Å². The smallest absolute Gasteiger partial charge is 0.270 e. The van der Waals surface area contributed by atoms with E-state index in [1.807, 2.05) is 6.92 Å². The Morgan fingerprint density at radius 3 is 2.53 bits per heavy atom. The van der Waals surface area contributed by atoms with Gasteiger partial charge in [0.25, 0.3) is 15.7 Å². The molecule has 1 heterocycles. The van der Waals surface area contributed by atoms with Crippen LogP contribution in [0, 0.1) is 24.0 Å². The molecule has 1 aromatic heterocycles. The molecular weight excluding hydrogens is 482 g/mol. The number of nitro benzene ring substituents is 1. The number of rotatable bonds is 6. The molecule has 0 spiro atoms. The van der Waals surface area contributed by atoms with Crippen molar-refractivity contribution in [2.45, 2.75) is 18.7 Å². The lowest BCUT2D eigenvalue weighted by atomic mass is 10.1. The molecule has 0 bridgehead atoms. The van der Waals surface area contributed by atoms with Gasteiger partial charge in [0.1, 0.15) is 10.6 Å². The highest BCUT2D eigenvalue weighted by Crippen LogP contribution is 2.39. The van der Waals surface area contributed by atoms with E-state index in [-0.39, 0.29) is 17.3 Å². The molecule has 0 aliphatic carbocycles. The first-order chi connectivity index (χ1) is 16.0. The lowest BCUT2D eigenvalue weighted by Crippen LogP contribution is -2.14. The van der Waals surface area contributed by atoms with E-state index in [0.29, 0.717) is 27.2 Å². The number of nitro groups is 1. The summed E-state index contributed by atoms with van der Waals surface area (Å²) in [6.07, 6.45) is 0. The third-order valence-electron chi connectivity index (χ3n) is 5.04. The largest absolute Gasteiger partial charge is 0.493 e. The molecule has 0 amide bonds. The van der Waals surface area contributed by atoms with Crippen LogP contribution in [0.15, 0.2) is 69.7 Å². The molecule has 0 aliphatic rings. The highest BCUT2D eigenvalue weighted by molar-refractivity contribution is 7.92. The Labute approximate surface area is 199 Å². The van der Waals surface area contributed by atoms with E-state index in [9.17, 15) is 23.6 Å². The van der Waals surface area contributed by atoms with Crippen LogP contribution in [0.25, 0.3) is 10.9 Å². The average Bonchev–Trinajstić information content (AvgIpc) is 3.08. The number of nitrogens with zero attached hydrogens (tertiary/aromatic N) is 3. The Morgan fingerprint density at radius 1 is 1.06 bits per heavy atom. The van der Waals surface area contributed by atoms with E-state index >= 15 is 0 Å². The van der Waals surface area contributed by atoms with Crippen LogP contribution in [0.5, 0.6) is 5.88 Å². The van der Waals surface area contributed by atoms with Gasteiger partial charge in [-0.25, -0.2) is 8.42 Å². The Hall–Kier alpha value is -3.96. The molecule has 3 aromatic carbocycles. The number of non-ortho nitro benzene ring substituents is 1. The second-order valence-corrected chi connectivity index (χ2v) is 9.63. The first-order valence-electron chi connectivity index (χ1n) is 9.85. The summed E-state index contributed by atoms with van der Waals surface area (Å²) < 4.78 is 28.9. The van der Waals surface area contributed by atoms with Gasteiger partial charge in [0.2, 0.25) is 5.88 Å². The van der Waals surface area contributed by atoms with Crippen molar-refractivity contribution >= 4 is 55.3 Å². The van der Waals surface area contributed by atoms with Crippen molar-refractivity contribution in [3.05, 3.63) is 80.9 Å². The average molecular weight is 500 g/mol. The van der Waals surface area contributed by atoms with Gasteiger partial charge in [-0.3, -0.25) is 14.8 Å². The van der Waals surface area contributed by atoms with E-state index in [0.717, 1.165) is 17.7 Å². The van der Waals surface area contributed by atoms with Gasteiger partial charge in [-0.1, -0.05) is 29.3 Å². The second kappa shape index (κ2) is 8.76. The molecule has 0 unspecified atom stereocenters. The number of hydrogen-bond donors (Lipinski definition) is 3. The summed E-state index contributed by atoms with van der Waals surface area (Å²) in [5, 5.41) is 30.4. The van der Waals surface area contributed by atoms with Gasteiger partial charge in [0, 0.05) is 22.5 Å². The Morgan fingerprint density at radius 2 is 1.82 bits per heavy atom. The standard InChI is InChI=1S/C22H18ClN5O5S/c1-12-3-6-17(13(2)9-12)27-34(32,33)20-11-15(28(30)31)5-8-19(20)25-26-21-16-10-14(23)4-7-18(16)24-22(21)29/h3-11,24,27,29H,1-2H3. The second-order valence-electron chi connectivity index (χ2n) is 7.55. The number of aryl methyl sites for hydroxylation is 2. The Bertz CT molecular complexity index is 1580. The molecule has 174 valence electrons. The van der Waals surface area contributed by atoms with Gasteiger partial charge in [-0.05, 0) is 49.7 Å². The Balaban J connectivity index is 1.81. The molecule has 10 nitrogen and oxygen atoms in total. The van der Waals surface area contributed by atoms with Gasteiger partial charge in [0.05, 0.1) is 16.1 Å². The van der Waals surface area contributed by atoms with Crippen LogP contribution in [0.2, 0.25) is 5.02 Å². The Kier molecular flexibility index (Phi) is 5.98. The maximum absolute atomic E-state index is 13.2. The quantitative estimate of drug-likeness (QED) is 0.162. The van der Waals surface area contributed by atoms with Crippen LogP contribution in [0.4, 0.5) is 22.7 Å². The predicted octanol–water partition coefficient (Wildman–Crippen LogP) is 6.27. The summed E-state index contributed by atoms with van der Waals surface area (Å²) in [5.74, 6) is -0.291. The zero-order valence-corrected chi connectivity index (χ0v) is 19.5. The van der Waals surface area contributed by atoms with Crippen molar-refractivity contribution in [1.29, 1.82) is 0 Å². The van der Waals surface area contributed by atoms with Crippen LogP contribution in [0.1, 0.15) is 11.1 Å². The van der Waals surface area contributed by atoms with Crippen LogP contribution in [-0.4, -0.2) is 23.4 Å². The van der Waals surface area contributed by atoms with E-state index in [2.05, 4.69) is 19.9 Å². The van der Waals surface area contributed by atoms with Crippen LogP contribution in [0.3, 0.4) is 0 Å². The lowest BCUT2D eigenvalue weighted by Gasteiger charge is -2.12. The number of halogens is 1. The summed E-state index contributed by atoms with van der Waals surface area (Å²) in [7, 11) is -4.29. The maximum Gasteiger partial charge on any atom is 0.270 e. The SMILES string of the molecule is Cc1ccc(NS(=O)(=O)c2cc([N+](=O)[O-])ccc2N=Nc2c(O)[nH]c3ccc(Cl)cc23)c(C)c1. The number of nitrogens with one attached hydrogen (secondary N) is 2. The molecule has 0 atom stereocenters. The minimum Gasteiger partial charge on any atom is -0.493 e. The maximum atomic E-state index is 13.2. The van der Waals surface area contributed by atoms with Gasteiger partial charge < -0.3 is 10.1 Å². The van der Waals surface area contributed by atoms with E-state index in [1.165, 1.54) is 6.07 Å². The third kappa shape index (κ3) is 4.56. The summed E-state index contributed by atoms with van der Waals surface area (Å²) >= 11 is 6.03. The molecule has 0 aliphatic heterocycles. The molecule has 12 heteroatoms. The van der Waals surface area contributed by atoms with Crippen molar-refractivity contribution in [2.24, 2.45) is 10.2 Å². The number of azo groups is 1. The normalized spacial score (nSPS) is 11.9. The molecule has 34 heavy (non-hydrogen) atoms. The third-order valence-corrected chi connectivity index (χ3v) is 6.67. The summed E-state index contributed by atoms with van der Waals surface area (Å²) in [6.45, 7) is 3.61. The van der Waals surface area contributed by atoms with Gasteiger partial charge in [-0.15, -0.1) is 10.2 Å². The summed E-state index contributed by atoms with van der Waals surface area (Å²) in [5.41, 5.74) is 1.95. The fourth-order valence-corrected chi connectivity index (χ4v) is 4.84. The fourth-order valence-electron chi connectivity index (χ4n) is 3.38.